The average molecular weight is 315 g/mol. The number of carbonyl (C=O) groups excluding carboxylic acids is 1. The van der Waals surface area contributed by atoms with Gasteiger partial charge in [0.2, 0.25) is 0 Å². The molecule has 2 aromatic heterocycles. The maximum atomic E-state index is 12.3. The van der Waals surface area contributed by atoms with Crippen molar-refractivity contribution in [3.05, 3.63) is 27.7 Å². The van der Waals surface area contributed by atoms with Crippen LogP contribution in [0.15, 0.2) is 16.5 Å². The van der Waals surface area contributed by atoms with Gasteiger partial charge in [-0.05, 0) is 24.8 Å². The molecule has 20 heavy (non-hydrogen) atoms. The van der Waals surface area contributed by atoms with E-state index in [2.05, 4.69) is 19.7 Å². The third-order valence-electron chi connectivity index (χ3n) is 2.66. The highest BCUT2D eigenvalue weighted by Crippen LogP contribution is 2.30. The number of sulfonamides is 1. The molecule has 0 amide bonds. The van der Waals surface area contributed by atoms with Crippen LogP contribution in [0.1, 0.15) is 20.9 Å². The van der Waals surface area contributed by atoms with Gasteiger partial charge >= 0.3 is 5.97 Å². The normalized spacial score (nSPS) is 11.3. The van der Waals surface area contributed by atoms with Gasteiger partial charge in [-0.3, -0.25) is 9.82 Å². The summed E-state index contributed by atoms with van der Waals surface area (Å²) in [5.74, 6) is -0.579. The third-order valence-corrected chi connectivity index (χ3v) is 5.20. The minimum atomic E-state index is -3.80. The molecule has 0 bridgehead atoms. The first-order valence-corrected chi connectivity index (χ1v) is 7.92. The fourth-order valence-corrected chi connectivity index (χ4v) is 3.88. The molecule has 0 saturated carbocycles. The van der Waals surface area contributed by atoms with Crippen LogP contribution >= 0.6 is 11.3 Å². The Morgan fingerprint density at radius 1 is 1.45 bits per heavy atom. The fraction of sp³-hybridized carbons (Fsp3) is 0.273. The molecule has 2 rings (SSSR count). The second-order valence-electron chi connectivity index (χ2n) is 4.08. The van der Waals surface area contributed by atoms with Crippen molar-refractivity contribution in [1.82, 2.24) is 10.2 Å². The molecular weight excluding hydrogens is 302 g/mol. The number of hydrogen-bond acceptors (Lipinski definition) is 6. The lowest BCUT2D eigenvalue weighted by atomic mass is 10.3. The van der Waals surface area contributed by atoms with E-state index in [1.54, 1.807) is 19.2 Å². The first-order valence-electron chi connectivity index (χ1n) is 5.56. The number of ether oxygens (including phenoxy) is 1. The highest BCUT2D eigenvalue weighted by Gasteiger charge is 2.24. The van der Waals surface area contributed by atoms with Crippen molar-refractivity contribution in [1.29, 1.82) is 0 Å². The van der Waals surface area contributed by atoms with Crippen LogP contribution < -0.4 is 4.72 Å². The summed E-state index contributed by atoms with van der Waals surface area (Å²) < 4.78 is 31.6. The van der Waals surface area contributed by atoms with Crippen LogP contribution in [0, 0.1) is 13.8 Å². The van der Waals surface area contributed by atoms with Gasteiger partial charge in [-0.2, -0.15) is 5.10 Å². The summed E-state index contributed by atoms with van der Waals surface area (Å²) in [6.45, 7) is 3.31. The largest absolute Gasteiger partial charge is 0.465 e. The van der Waals surface area contributed by atoms with Gasteiger partial charge in [0, 0.05) is 0 Å². The van der Waals surface area contributed by atoms with E-state index in [0.717, 1.165) is 11.3 Å². The summed E-state index contributed by atoms with van der Waals surface area (Å²) in [5.41, 5.74) is 1.31. The predicted octanol–water partition coefficient (Wildman–Crippen LogP) is 1.68. The molecule has 2 aromatic rings. The first-order chi connectivity index (χ1) is 9.36. The molecule has 0 radical (unpaired) electrons. The number of H-pyrrole nitrogens is 1. The van der Waals surface area contributed by atoms with E-state index in [4.69, 9.17) is 0 Å². The molecule has 0 aromatic carbocycles. The number of nitrogens with zero attached hydrogens (tertiary/aromatic N) is 1. The zero-order chi connectivity index (χ0) is 14.9. The fourth-order valence-electron chi connectivity index (χ4n) is 1.61. The summed E-state index contributed by atoms with van der Waals surface area (Å²) in [6.07, 6.45) is 1.22. The van der Waals surface area contributed by atoms with Crippen LogP contribution in [0.4, 0.5) is 5.69 Å². The van der Waals surface area contributed by atoms with Crippen molar-refractivity contribution >= 4 is 33.0 Å². The SMILES string of the molecule is COC(=O)c1scc(C)c1NS(=O)(=O)c1cn[nH]c1C. The monoisotopic (exact) mass is 315 g/mol. The molecule has 0 fully saturated rings. The minimum Gasteiger partial charge on any atom is -0.465 e. The quantitative estimate of drug-likeness (QED) is 0.836. The number of aryl methyl sites for hydroxylation is 2. The van der Waals surface area contributed by atoms with E-state index < -0.39 is 16.0 Å². The van der Waals surface area contributed by atoms with Crippen molar-refractivity contribution in [2.45, 2.75) is 18.7 Å². The summed E-state index contributed by atoms with van der Waals surface area (Å²) >= 11 is 1.13. The third kappa shape index (κ3) is 2.54. The molecule has 0 aliphatic heterocycles. The van der Waals surface area contributed by atoms with Crippen LogP contribution in [0.2, 0.25) is 0 Å². The second-order valence-corrected chi connectivity index (χ2v) is 6.61. The van der Waals surface area contributed by atoms with Crippen molar-refractivity contribution in [3.8, 4) is 0 Å². The number of carbonyl (C=O) groups is 1. The van der Waals surface area contributed by atoms with Crippen LogP contribution in [-0.4, -0.2) is 31.7 Å². The lowest BCUT2D eigenvalue weighted by molar-refractivity contribution is 0.0607. The summed E-state index contributed by atoms with van der Waals surface area (Å²) in [4.78, 5) is 11.9. The summed E-state index contributed by atoms with van der Waals surface area (Å²) in [5, 5.41) is 7.93. The van der Waals surface area contributed by atoms with Crippen LogP contribution in [0.5, 0.6) is 0 Å². The van der Waals surface area contributed by atoms with Crippen molar-refractivity contribution in [3.63, 3.8) is 0 Å². The molecular formula is C11H13N3O4S2. The van der Waals surface area contributed by atoms with Gasteiger partial charge in [0.1, 0.15) is 9.77 Å². The molecule has 7 nitrogen and oxygen atoms in total. The van der Waals surface area contributed by atoms with Gasteiger partial charge in [-0.15, -0.1) is 11.3 Å². The number of anilines is 1. The Hall–Kier alpha value is -1.87. The first kappa shape index (κ1) is 14.5. The molecule has 0 atom stereocenters. The standard InChI is InChI=1S/C11H13N3O4S2/c1-6-5-19-10(11(15)18-3)9(6)14-20(16,17)8-4-12-13-7(8)2/h4-5,14H,1-3H3,(H,12,13). The van der Waals surface area contributed by atoms with E-state index in [1.165, 1.54) is 13.3 Å². The Kier molecular flexibility index (Phi) is 3.82. The maximum Gasteiger partial charge on any atom is 0.350 e. The van der Waals surface area contributed by atoms with Gasteiger partial charge in [-0.25, -0.2) is 13.2 Å². The zero-order valence-electron chi connectivity index (χ0n) is 11.1. The lowest BCUT2D eigenvalue weighted by Crippen LogP contribution is -2.16. The van der Waals surface area contributed by atoms with E-state index >= 15 is 0 Å². The Balaban J connectivity index is 2.43. The number of nitrogens with one attached hydrogen (secondary N) is 2. The number of methoxy groups -OCH3 is 1. The predicted molar refractivity (Wildman–Crippen MR) is 74.5 cm³/mol. The van der Waals surface area contributed by atoms with Crippen molar-refractivity contribution in [2.24, 2.45) is 0 Å². The zero-order valence-corrected chi connectivity index (χ0v) is 12.7. The molecule has 2 N–H and O–H groups in total. The number of aromatic nitrogens is 2. The van der Waals surface area contributed by atoms with Gasteiger partial charge in [0.15, 0.2) is 0 Å². The maximum absolute atomic E-state index is 12.3. The molecule has 0 unspecified atom stereocenters. The summed E-state index contributed by atoms with van der Waals surface area (Å²) in [6, 6.07) is 0. The Morgan fingerprint density at radius 3 is 2.70 bits per heavy atom. The number of esters is 1. The average Bonchev–Trinajstić information content (AvgIpc) is 2.96. The van der Waals surface area contributed by atoms with Gasteiger partial charge in [-0.1, -0.05) is 0 Å². The Bertz CT molecular complexity index is 746. The van der Waals surface area contributed by atoms with E-state index in [0.29, 0.717) is 11.3 Å². The van der Waals surface area contributed by atoms with Crippen LogP contribution in [0.3, 0.4) is 0 Å². The lowest BCUT2D eigenvalue weighted by Gasteiger charge is -2.08. The van der Waals surface area contributed by atoms with Crippen molar-refractivity contribution < 1.29 is 17.9 Å². The topological polar surface area (TPSA) is 101 Å². The Labute approximate surface area is 120 Å². The number of aromatic amines is 1. The Morgan fingerprint density at radius 2 is 2.15 bits per heavy atom. The molecule has 0 aliphatic carbocycles. The number of hydrogen-bond donors (Lipinski definition) is 2. The van der Waals surface area contributed by atoms with Crippen LogP contribution in [0.25, 0.3) is 0 Å². The number of rotatable bonds is 4. The van der Waals surface area contributed by atoms with E-state index in [-0.39, 0.29) is 15.5 Å². The van der Waals surface area contributed by atoms with Crippen molar-refractivity contribution in [2.75, 3.05) is 11.8 Å². The summed E-state index contributed by atoms with van der Waals surface area (Å²) in [7, 11) is -2.56. The molecule has 9 heteroatoms. The highest BCUT2D eigenvalue weighted by molar-refractivity contribution is 7.92. The molecule has 108 valence electrons. The number of thiophene rings is 1. The molecule has 2 heterocycles. The highest BCUT2D eigenvalue weighted by atomic mass is 32.2. The van der Waals surface area contributed by atoms with E-state index in [9.17, 15) is 13.2 Å². The van der Waals surface area contributed by atoms with Gasteiger partial charge < -0.3 is 4.74 Å². The second kappa shape index (κ2) is 5.25. The molecule has 0 spiro atoms. The smallest absolute Gasteiger partial charge is 0.350 e. The van der Waals surface area contributed by atoms with E-state index in [1.807, 2.05) is 0 Å². The van der Waals surface area contributed by atoms with Crippen LogP contribution in [-0.2, 0) is 14.8 Å². The molecule has 0 aliphatic rings. The van der Waals surface area contributed by atoms with Gasteiger partial charge in [0.05, 0.1) is 24.7 Å². The minimum absolute atomic E-state index is 0.0407. The molecule has 0 saturated heterocycles. The van der Waals surface area contributed by atoms with Gasteiger partial charge in [0.25, 0.3) is 10.0 Å².